The van der Waals surface area contributed by atoms with E-state index in [1.54, 1.807) is 0 Å². The number of β-amino-alcohol motifs (C(OH)–C–C–N with tert-alkyl or cyclic N) is 1. The number of rotatable bonds is 6. The van der Waals surface area contributed by atoms with Gasteiger partial charge in [-0.1, -0.05) is 18.2 Å². The molecule has 0 fully saturated rings. The molecule has 1 atom stereocenters. The van der Waals surface area contributed by atoms with E-state index in [0.717, 1.165) is 29.4 Å². The second kappa shape index (κ2) is 7.45. The summed E-state index contributed by atoms with van der Waals surface area (Å²) in [4.78, 5) is 4.20. The zero-order valence-electron chi connectivity index (χ0n) is 14.2. The fourth-order valence-electron chi connectivity index (χ4n) is 2.75. The average Bonchev–Trinajstić information content (AvgIpc) is 2.60. The molecule has 1 unspecified atom stereocenters. The van der Waals surface area contributed by atoms with Crippen LogP contribution in [0.2, 0.25) is 0 Å². The van der Waals surface area contributed by atoms with Crippen LogP contribution in [0.3, 0.4) is 0 Å². The third-order valence-corrected chi connectivity index (χ3v) is 4.04. The highest BCUT2D eigenvalue weighted by Gasteiger charge is 2.21. The molecule has 5 nitrogen and oxygen atoms in total. The maximum absolute atomic E-state index is 10.3. The van der Waals surface area contributed by atoms with Crippen LogP contribution >= 0.6 is 0 Å². The van der Waals surface area contributed by atoms with Crippen molar-refractivity contribution in [1.82, 2.24) is 0 Å². The van der Waals surface area contributed by atoms with Crippen molar-refractivity contribution in [1.29, 1.82) is 0 Å². The zero-order valence-corrected chi connectivity index (χ0v) is 14.2. The summed E-state index contributed by atoms with van der Waals surface area (Å²) >= 11 is 0. The second-order valence-corrected chi connectivity index (χ2v) is 6.12. The van der Waals surface area contributed by atoms with Gasteiger partial charge in [0.15, 0.2) is 0 Å². The summed E-state index contributed by atoms with van der Waals surface area (Å²) in [6.45, 7) is 2.17. The molecular formula is C19H24N2O3. The van der Waals surface area contributed by atoms with E-state index in [0.29, 0.717) is 13.2 Å². The SMILES string of the molecule is CN(C)c1ccc2c(c1)OCCN2CC(O)COc1ccccc1. The summed E-state index contributed by atoms with van der Waals surface area (Å²) in [6.07, 6.45) is -0.565. The maximum atomic E-state index is 10.3. The standard InChI is InChI=1S/C19H24N2O3/c1-20(2)15-8-9-18-19(12-15)23-11-10-21(18)13-16(22)14-24-17-6-4-3-5-7-17/h3-9,12,16,22H,10-11,13-14H2,1-2H3. The van der Waals surface area contributed by atoms with E-state index in [2.05, 4.69) is 17.0 Å². The van der Waals surface area contributed by atoms with Crippen LogP contribution < -0.4 is 19.3 Å². The smallest absolute Gasteiger partial charge is 0.144 e. The molecule has 0 bridgehead atoms. The average molecular weight is 328 g/mol. The first-order chi connectivity index (χ1) is 11.6. The number of nitrogens with zero attached hydrogens (tertiary/aromatic N) is 2. The summed E-state index contributed by atoms with van der Waals surface area (Å²) in [6, 6.07) is 15.7. The topological polar surface area (TPSA) is 45.2 Å². The van der Waals surface area contributed by atoms with Crippen LogP contribution in [-0.4, -0.2) is 51.6 Å². The first-order valence-electron chi connectivity index (χ1n) is 8.18. The lowest BCUT2D eigenvalue weighted by atomic mass is 10.2. The molecule has 0 aromatic heterocycles. The van der Waals surface area contributed by atoms with Crippen LogP contribution in [0, 0.1) is 0 Å². The number of hydrogen-bond acceptors (Lipinski definition) is 5. The quantitative estimate of drug-likeness (QED) is 0.882. The van der Waals surface area contributed by atoms with Gasteiger partial charge in [-0.2, -0.15) is 0 Å². The number of aliphatic hydroxyl groups excluding tert-OH is 1. The van der Waals surface area contributed by atoms with Crippen LogP contribution in [0.4, 0.5) is 11.4 Å². The Hall–Kier alpha value is -2.40. The molecule has 5 heteroatoms. The van der Waals surface area contributed by atoms with Crippen LogP contribution in [0.5, 0.6) is 11.5 Å². The third kappa shape index (κ3) is 3.92. The van der Waals surface area contributed by atoms with Crippen LogP contribution in [0.25, 0.3) is 0 Å². The Morgan fingerprint density at radius 3 is 2.75 bits per heavy atom. The largest absolute Gasteiger partial charge is 0.491 e. The van der Waals surface area contributed by atoms with Gasteiger partial charge in [-0.05, 0) is 24.3 Å². The van der Waals surface area contributed by atoms with Crippen molar-refractivity contribution in [2.24, 2.45) is 0 Å². The van der Waals surface area contributed by atoms with Crippen molar-refractivity contribution in [2.75, 3.05) is 50.2 Å². The molecule has 128 valence electrons. The molecule has 0 saturated heterocycles. The fraction of sp³-hybridized carbons (Fsp3) is 0.368. The van der Waals surface area contributed by atoms with E-state index in [9.17, 15) is 5.11 Å². The predicted octanol–water partition coefficient (Wildman–Crippen LogP) is 2.39. The predicted molar refractivity (Wildman–Crippen MR) is 96.4 cm³/mol. The molecule has 0 aliphatic carbocycles. The Morgan fingerprint density at radius 2 is 2.00 bits per heavy atom. The van der Waals surface area contributed by atoms with Crippen molar-refractivity contribution < 1.29 is 14.6 Å². The molecule has 1 aliphatic rings. The monoisotopic (exact) mass is 328 g/mol. The van der Waals surface area contributed by atoms with Gasteiger partial charge in [0.25, 0.3) is 0 Å². The lowest BCUT2D eigenvalue weighted by molar-refractivity contribution is 0.110. The lowest BCUT2D eigenvalue weighted by Gasteiger charge is -2.33. The van der Waals surface area contributed by atoms with Gasteiger partial charge < -0.3 is 24.4 Å². The normalized spacial score (nSPS) is 14.5. The van der Waals surface area contributed by atoms with Crippen molar-refractivity contribution >= 4 is 11.4 Å². The molecule has 3 rings (SSSR count). The molecule has 0 radical (unpaired) electrons. The second-order valence-electron chi connectivity index (χ2n) is 6.12. The minimum Gasteiger partial charge on any atom is -0.491 e. The minimum absolute atomic E-state index is 0.270. The number of benzene rings is 2. The van der Waals surface area contributed by atoms with Crippen LogP contribution in [-0.2, 0) is 0 Å². The Bertz CT molecular complexity index is 661. The fourth-order valence-corrected chi connectivity index (χ4v) is 2.75. The van der Waals surface area contributed by atoms with Gasteiger partial charge in [-0.3, -0.25) is 0 Å². The molecule has 1 N–H and O–H groups in total. The van der Waals surface area contributed by atoms with Crippen molar-refractivity contribution in [3.05, 3.63) is 48.5 Å². The van der Waals surface area contributed by atoms with E-state index in [-0.39, 0.29) is 6.61 Å². The number of ether oxygens (including phenoxy) is 2. The molecule has 0 saturated carbocycles. The number of fused-ring (bicyclic) bond motifs is 1. The van der Waals surface area contributed by atoms with Gasteiger partial charge in [-0.15, -0.1) is 0 Å². The number of anilines is 2. The van der Waals surface area contributed by atoms with Gasteiger partial charge in [-0.25, -0.2) is 0 Å². The van der Waals surface area contributed by atoms with Crippen molar-refractivity contribution in [3.63, 3.8) is 0 Å². The number of aliphatic hydroxyl groups is 1. The molecule has 1 heterocycles. The lowest BCUT2D eigenvalue weighted by Crippen LogP contribution is -2.40. The van der Waals surface area contributed by atoms with E-state index >= 15 is 0 Å². The van der Waals surface area contributed by atoms with Gasteiger partial charge in [0, 0.05) is 32.4 Å². The number of para-hydroxylation sites is 1. The highest BCUT2D eigenvalue weighted by atomic mass is 16.5. The Kier molecular flexibility index (Phi) is 5.11. The summed E-state index contributed by atoms with van der Waals surface area (Å²) < 4.78 is 11.4. The van der Waals surface area contributed by atoms with Crippen LogP contribution in [0.15, 0.2) is 48.5 Å². The molecule has 0 amide bonds. The third-order valence-electron chi connectivity index (χ3n) is 4.04. The van der Waals surface area contributed by atoms with Crippen LogP contribution in [0.1, 0.15) is 0 Å². The zero-order chi connectivity index (χ0) is 16.9. The van der Waals surface area contributed by atoms with Gasteiger partial charge in [0.05, 0.1) is 12.2 Å². The summed E-state index contributed by atoms with van der Waals surface area (Å²) in [5.74, 6) is 1.64. The summed E-state index contributed by atoms with van der Waals surface area (Å²) in [5.41, 5.74) is 2.12. The minimum atomic E-state index is -0.565. The molecule has 1 aliphatic heterocycles. The van der Waals surface area contributed by atoms with Gasteiger partial charge in [0.1, 0.15) is 30.8 Å². The van der Waals surface area contributed by atoms with E-state index in [1.165, 1.54) is 0 Å². The highest BCUT2D eigenvalue weighted by molar-refractivity contribution is 5.66. The molecule has 0 spiro atoms. The maximum Gasteiger partial charge on any atom is 0.144 e. The first-order valence-corrected chi connectivity index (χ1v) is 8.18. The molecular weight excluding hydrogens is 304 g/mol. The first kappa shape index (κ1) is 16.5. The summed E-state index contributed by atoms with van der Waals surface area (Å²) in [7, 11) is 4.01. The number of hydrogen-bond donors (Lipinski definition) is 1. The van der Waals surface area contributed by atoms with Gasteiger partial charge in [0.2, 0.25) is 0 Å². The highest BCUT2D eigenvalue weighted by Crippen LogP contribution is 2.34. The Balaban J connectivity index is 1.62. The Morgan fingerprint density at radius 1 is 1.21 bits per heavy atom. The summed E-state index contributed by atoms with van der Waals surface area (Å²) in [5, 5.41) is 10.3. The van der Waals surface area contributed by atoms with Crippen molar-refractivity contribution in [2.45, 2.75) is 6.10 Å². The van der Waals surface area contributed by atoms with Crippen molar-refractivity contribution in [3.8, 4) is 11.5 Å². The van der Waals surface area contributed by atoms with Gasteiger partial charge >= 0.3 is 0 Å². The molecule has 24 heavy (non-hydrogen) atoms. The molecule has 2 aromatic carbocycles. The molecule has 2 aromatic rings. The van der Waals surface area contributed by atoms with E-state index in [4.69, 9.17) is 9.47 Å². The van der Waals surface area contributed by atoms with E-state index in [1.807, 2.05) is 55.4 Å². The van der Waals surface area contributed by atoms with E-state index < -0.39 is 6.10 Å². The Labute approximate surface area is 143 Å².